The highest BCUT2D eigenvalue weighted by molar-refractivity contribution is 5.66. The van der Waals surface area contributed by atoms with Gasteiger partial charge in [-0.2, -0.15) is 0 Å². The molecule has 41 heavy (non-hydrogen) atoms. The van der Waals surface area contributed by atoms with E-state index in [4.69, 9.17) is 14.7 Å². The van der Waals surface area contributed by atoms with Gasteiger partial charge in [0.2, 0.25) is 0 Å². The summed E-state index contributed by atoms with van der Waals surface area (Å²) in [5.41, 5.74) is -1.16. The van der Waals surface area contributed by atoms with Crippen LogP contribution in [0.1, 0.15) is 134 Å². The molecule has 2 aliphatic heterocycles. The summed E-state index contributed by atoms with van der Waals surface area (Å²) in [5.74, 6) is -0.541. The second-order valence-corrected chi connectivity index (χ2v) is 14.8. The number of unbranched alkanes of at least 4 members (excludes halogenated alkanes) is 2. The Balaban J connectivity index is 2.25. The third-order valence-electron chi connectivity index (χ3n) is 8.63. The lowest BCUT2D eigenvalue weighted by atomic mass is 9.78. The summed E-state index contributed by atoms with van der Waals surface area (Å²) in [4.78, 5) is 45.2. The van der Waals surface area contributed by atoms with Crippen molar-refractivity contribution >= 4 is 18.3 Å². The minimum Gasteiger partial charge on any atom is -0.367 e. The third-order valence-corrected chi connectivity index (χ3v) is 8.63. The van der Waals surface area contributed by atoms with Crippen LogP contribution in [0, 0.1) is 0 Å². The fourth-order valence-corrected chi connectivity index (χ4v) is 7.32. The number of rotatable bonds is 13. The molecule has 2 aliphatic rings. The number of nitrogens with zero attached hydrogens (tertiary/aromatic N) is 5. The number of hydrogen-bond acceptors (Lipinski definition) is 8. The third kappa shape index (κ3) is 9.65. The van der Waals surface area contributed by atoms with Gasteiger partial charge in [-0.3, -0.25) is 19.5 Å². The van der Waals surface area contributed by atoms with Crippen molar-refractivity contribution in [2.24, 2.45) is 4.99 Å². The Labute approximate surface area is 250 Å². The molecule has 0 unspecified atom stereocenters. The van der Waals surface area contributed by atoms with Crippen LogP contribution in [0.5, 0.6) is 0 Å². The van der Waals surface area contributed by atoms with Crippen molar-refractivity contribution < 1.29 is 19.3 Å². The van der Waals surface area contributed by atoms with Crippen molar-refractivity contribution in [2.75, 3.05) is 19.8 Å². The maximum absolute atomic E-state index is 11.9. The first-order valence-electron chi connectivity index (χ1n) is 15.8. The SMILES string of the molecule is CCCCN(/C=N/CN(CCCC)C1CC(C)(C)N(OC(C)=O)C(C)(C)C1)C1CC(C)(C)N(OC(C)=O)C(C)(C)C1. The van der Waals surface area contributed by atoms with E-state index in [0.29, 0.717) is 18.8 Å². The van der Waals surface area contributed by atoms with Gasteiger partial charge >= 0.3 is 11.9 Å². The average molecular weight is 580 g/mol. The molecular weight excluding hydrogens is 518 g/mol. The van der Waals surface area contributed by atoms with E-state index in [9.17, 15) is 9.59 Å². The normalized spacial score (nSPS) is 23.1. The number of aliphatic imine (C=N–C) groups is 1. The van der Waals surface area contributed by atoms with E-state index in [1.807, 2.05) is 10.1 Å². The molecule has 0 bridgehead atoms. The Kier molecular flexibility index (Phi) is 12.3. The Hall–Kier alpha value is -1.71. The van der Waals surface area contributed by atoms with E-state index in [0.717, 1.165) is 64.5 Å². The summed E-state index contributed by atoms with van der Waals surface area (Å²) in [6.45, 7) is 27.3. The standard InChI is InChI=1S/C32H61N5O4/c1-13-15-17-34(27-19-29(5,6)36(40-25(3)38)30(7,8)20-27)23-33-24-35(18-16-14-2)28-21-31(9,10)37(41-26(4)39)32(11,12)22-28/h23,27-28H,13-22,24H2,1-12H3/b33-23+. The van der Waals surface area contributed by atoms with E-state index < -0.39 is 0 Å². The van der Waals surface area contributed by atoms with Crippen LogP contribution in [0.2, 0.25) is 0 Å². The molecule has 0 aromatic rings. The summed E-state index contributed by atoms with van der Waals surface area (Å²) in [5, 5.41) is 3.82. The van der Waals surface area contributed by atoms with Crippen molar-refractivity contribution in [1.29, 1.82) is 0 Å². The lowest BCUT2D eigenvalue weighted by molar-refractivity contribution is -0.271. The molecule has 0 radical (unpaired) electrons. The quantitative estimate of drug-likeness (QED) is 0.189. The van der Waals surface area contributed by atoms with E-state index in [2.05, 4.69) is 85.4 Å². The Morgan fingerprint density at radius 3 is 1.51 bits per heavy atom. The summed E-state index contributed by atoms with van der Waals surface area (Å²) < 4.78 is 0. The molecule has 0 atom stereocenters. The van der Waals surface area contributed by atoms with Crippen molar-refractivity contribution in [1.82, 2.24) is 19.9 Å². The predicted octanol–water partition coefficient (Wildman–Crippen LogP) is 6.18. The first-order valence-corrected chi connectivity index (χ1v) is 15.8. The summed E-state index contributed by atoms with van der Waals surface area (Å²) >= 11 is 0. The second-order valence-electron chi connectivity index (χ2n) is 14.8. The molecule has 238 valence electrons. The Morgan fingerprint density at radius 1 is 0.732 bits per heavy atom. The Morgan fingerprint density at radius 2 is 1.12 bits per heavy atom. The highest BCUT2D eigenvalue weighted by Crippen LogP contribution is 2.42. The minimum atomic E-state index is -0.295. The van der Waals surface area contributed by atoms with Crippen LogP contribution in [0.3, 0.4) is 0 Å². The van der Waals surface area contributed by atoms with Crippen molar-refractivity contribution in [3.8, 4) is 0 Å². The highest BCUT2D eigenvalue weighted by atomic mass is 16.7. The van der Waals surface area contributed by atoms with Gasteiger partial charge in [-0.15, -0.1) is 10.1 Å². The fraction of sp³-hybridized carbons (Fsp3) is 0.906. The van der Waals surface area contributed by atoms with Gasteiger partial charge in [0.25, 0.3) is 0 Å². The topological polar surface area (TPSA) is 77.9 Å². The second kappa shape index (κ2) is 14.2. The van der Waals surface area contributed by atoms with Gasteiger partial charge in [0.15, 0.2) is 0 Å². The van der Waals surface area contributed by atoms with Crippen LogP contribution in [-0.2, 0) is 19.3 Å². The van der Waals surface area contributed by atoms with Gasteiger partial charge in [0, 0.05) is 39.0 Å². The average Bonchev–Trinajstić information content (AvgIpc) is 2.81. The molecule has 2 rings (SSSR count). The number of carbonyl (C=O) groups excluding carboxylic acids is 2. The monoisotopic (exact) mass is 579 g/mol. The van der Waals surface area contributed by atoms with Crippen LogP contribution < -0.4 is 0 Å². The fourth-order valence-electron chi connectivity index (χ4n) is 7.32. The van der Waals surface area contributed by atoms with Crippen LogP contribution in [-0.4, -0.2) is 92.2 Å². The summed E-state index contributed by atoms with van der Waals surface area (Å²) in [7, 11) is 0. The number of hydrogen-bond donors (Lipinski definition) is 0. The first-order chi connectivity index (χ1) is 18.9. The molecular formula is C32H61N5O4. The van der Waals surface area contributed by atoms with E-state index in [1.54, 1.807) is 0 Å². The van der Waals surface area contributed by atoms with E-state index in [1.165, 1.54) is 13.8 Å². The lowest BCUT2D eigenvalue weighted by Crippen LogP contribution is -2.64. The van der Waals surface area contributed by atoms with E-state index >= 15 is 0 Å². The first kappa shape index (κ1) is 35.5. The minimum absolute atomic E-state index is 0.269. The van der Waals surface area contributed by atoms with Gasteiger partial charge in [0.05, 0.1) is 35.2 Å². The molecule has 0 saturated carbocycles. The van der Waals surface area contributed by atoms with Gasteiger partial charge in [-0.25, -0.2) is 0 Å². The molecule has 0 amide bonds. The van der Waals surface area contributed by atoms with Gasteiger partial charge in [-0.05, 0) is 93.9 Å². The molecule has 0 N–H and O–H groups in total. The number of carbonyl (C=O) groups is 2. The largest absolute Gasteiger partial charge is 0.367 e. The Bertz CT molecular complexity index is 865. The molecule has 9 nitrogen and oxygen atoms in total. The zero-order chi connectivity index (χ0) is 31.2. The molecule has 0 aliphatic carbocycles. The van der Waals surface area contributed by atoms with Crippen LogP contribution in [0.4, 0.5) is 0 Å². The molecule has 2 saturated heterocycles. The highest BCUT2D eigenvalue weighted by Gasteiger charge is 2.50. The summed E-state index contributed by atoms with van der Waals surface area (Å²) in [6.07, 6.45) is 10.1. The maximum atomic E-state index is 11.9. The van der Waals surface area contributed by atoms with Gasteiger partial charge in [0.1, 0.15) is 0 Å². The van der Waals surface area contributed by atoms with Crippen molar-refractivity contribution in [3.63, 3.8) is 0 Å². The van der Waals surface area contributed by atoms with Gasteiger partial charge < -0.3 is 14.6 Å². The van der Waals surface area contributed by atoms with Crippen molar-refractivity contribution in [3.05, 3.63) is 0 Å². The number of hydroxylamine groups is 4. The smallest absolute Gasteiger partial charge is 0.322 e. The van der Waals surface area contributed by atoms with Crippen LogP contribution in [0.15, 0.2) is 4.99 Å². The van der Waals surface area contributed by atoms with Gasteiger partial charge in [-0.1, -0.05) is 26.7 Å². The molecule has 0 spiro atoms. The molecule has 0 aromatic carbocycles. The van der Waals surface area contributed by atoms with Crippen LogP contribution in [0.25, 0.3) is 0 Å². The van der Waals surface area contributed by atoms with Crippen molar-refractivity contribution in [2.45, 2.75) is 169 Å². The molecule has 2 heterocycles. The molecule has 2 fully saturated rings. The summed E-state index contributed by atoms with van der Waals surface area (Å²) in [6, 6.07) is 0.639. The molecule has 9 heteroatoms. The predicted molar refractivity (Wildman–Crippen MR) is 166 cm³/mol. The maximum Gasteiger partial charge on any atom is 0.322 e. The lowest BCUT2D eigenvalue weighted by Gasteiger charge is -2.54. The zero-order valence-corrected chi connectivity index (χ0v) is 28.4. The van der Waals surface area contributed by atoms with Crippen LogP contribution >= 0.6 is 0 Å². The molecule has 0 aromatic heterocycles. The number of piperidine rings is 2. The zero-order valence-electron chi connectivity index (χ0n) is 28.4. The van der Waals surface area contributed by atoms with E-state index in [-0.39, 0.29) is 34.1 Å².